The summed E-state index contributed by atoms with van der Waals surface area (Å²) in [6, 6.07) is 6.28. The Morgan fingerprint density at radius 2 is 1.86 bits per heavy atom. The number of aliphatic hydroxyl groups is 1. The number of benzene rings is 1. The zero-order valence-corrected chi connectivity index (χ0v) is 7.16. The van der Waals surface area contributed by atoms with E-state index in [9.17, 15) is 0 Å². The molecule has 3 N–H and O–H groups in total. The highest BCUT2D eigenvalue weighted by molar-refractivity contribution is 6.33. The van der Waals surface area contributed by atoms with Gasteiger partial charge in [0.2, 0.25) is 0 Å². The molecule has 7 heteroatoms. The van der Waals surface area contributed by atoms with E-state index in [-0.39, 0.29) is 6.61 Å². The maximum atomic E-state index is 8.72. The van der Waals surface area contributed by atoms with Gasteiger partial charge < -0.3 is 15.0 Å². The molecule has 0 aliphatic heterocycles. The predicted molar refractivity (Wildman–Crippen MR) is 45.8 cm³/mol. The van der Waals surface area contributed by atoms with Gasteiger partial charge in [0.05, 0.1) is 6.61 Å². The van der Waals surface area contributed by atoms with Crippen molar-refractivity contribution in [3.05, 3.63) is 29.8 Å². The molecule has 0 spiro atoms. The van der Waals surface area contributed by atoms with Crippen molar-refractivity contribution in [2.24, 2.45) is 0 Å². The van der Waals surface area contributed by atoms with Gasteiger partial charge in [-0.05, 0) is 17.7 Å². The summed E-state index contributed by atoms with van der Waals surface area (Å²) in [5.41, 5.74) is 0.719. The maximum absolute atomic E-state index is 8.72. The smallest absolute Gasteiger partial charge is 0.398 e. The molecule has 0 saturated heterocycles. The molecule has 0 heterocycles. The molecule has 14 heavy (non-hydrogen) atoms. The first-order valence-electron chi connectivity index (χ1n) is 3.77. The molecule has 0 atom stereocenters. The lowest BCUT2D eigenvalue weighted by Gasteiger charge is -2.04. The van der Waals surface area contributed by atoms with Crippen LogP contribution in [0.25, 0.3) is 0 Å². The van der Waals surface area contributed by atoms with Gasteiger partial charge in [0, 0.05) is 0 Å². The molecule has 76 valence electrons. The zero-order valence-electron chi connectivity index (χ0n) is 7.16. The first kappa shape index (κ1) is 11.0. The van der Waals surface area contributed by atoms with E-state index in [2.05, 4.69) is 14.5 Å². The number of aliphatic hydroxyl groups excluding tert-OH is 1. The molecule has 0 fully saturated rings. The maximum Gasteiger partial charge on any atom is 0.703 e. The molecule has 0 aliphatic rings. The van der Waals surface area contributed by atoms with E-state index in [0.29, 0.717) is 5.75 Å². The van der Waals surface area contributed by atoms with Crippen LogP contribution in [-0.4, -0.2) is 22.7 Å². The summed E-state index contributed by atoms with van der Waals surface area (Å²) >= 11 is 0. The van der Waals surface area contributed by atoms with Gasteiger partial charge in [-0.15, -0.1) is 0 Å². The number of rotatable bonds is 5. The summed E-state index contributed by atoms with van der Waals surface area (Å²) in [6.45, 7) is -0.0660. The Labute approximate surface area is 80.3 Å². The third-order valence-corrected chi connectivity index (χ3v) is 1.42. The van der Waals surface area contributed by atoms with Crippen molar-refractivity contribution < 1.29 is 29.9 Å². The fourth-order valence-corrected chi connectivity index (χ4v) is 0.765. The average molecular weight is 200 g/mol. The molecular formula is C7H9BO6. The second-order valence-electron chi connectivity index (χ2n) is 2.39. The average Bonchev–Trinajstić information content (AvgIpc) is 2.26. The van der Waals surface area contributed by atoms with Crippen LogP contribution >= 0.6 is 0 Å². The van der Waals surface area contributed by atoms with E-state index in [1.54, 1.807) is 12.1 Å². The molecule has 0 saturated carbocycles. The molecule has 1 aromatic rings. The summed E-state index contributed by atoms with van der Waals surface area (Å²) in [5, 5.41) is 25.2. The second-order valence-corrected chi connectivity index (χ2v) is 2.39. The number of hydrogen-bond donors (Lipinski definition) is 3. The van der Waals surface area contributed by atoms with Crippen molar-refractivity contribution in [3.63, 3.8) is 0 Å². The van der Waals surface area contributed by atoms with Crippen LogP contribution in [0.2, 0.25) is 0 Å². The lowest BCUT2D eigenvalue weighted by atomic mass is 10.2. The van der Waals surface area contributed by atoms with Crippen molar-refractivity contribution >= 4 is 7.32 Å². The Bertz CT molecular complexity index is 263. The minimum atomic E-state index is -1.85. The van der Waals surface area contributed by atoms with Crippen molar-refractivity contribution in [1.29, 1.82) is 0 Å². The van der Waals surface area contributed by atoms with Gasteiger partial charge in [-0.3, -0.25) is 5.26 Å². The topological polar surface area (TPSA) is 88.4 Å². The first-order valence-corrected chi connectivity index (χ1v) is 3.77. The number of hydrogen-bond acceptors (Lipinski definition) is 6. The molecular weight excluding hydrogens is 191 g/mol. The molecule has 0 unspecified atom stereocenters. The molecule has 0 amide bonds. The molecule has 0 aliphatic carbocycles. The molecule has 0 bridgehead atoms. The van der Waals surface area contributed by atoms with Gasteiger partial charge in [-0.2, -0.15) is 4.81 Å². The van der Waals surface area contributed by atoms with Crippen LogP contribution in [0.3, 0.4) is 0 Å². The zero-order chi connectivity index (χ0) is 10.4. The van der Waals surface area contributed by atoms with Crippen LogP contribution in [0.4, 0.5) is 0 Å². The lowest BCUT2D eigenvalue weighted by Crippen LogP contribution is -2.22. The largest absolute Gasteiger partial charge is 0.703 e. The summed E-state index contributed by atoms with van der Waals surface area (Å²) in [7, 11) is -1.85. The summed E-state index contributed by atoms with van der Waals surface area (Å²) in [6.07, 6.45) is 0. The highest BCUT2D eigenvalue weighted by Gasteiger charge is 2.17. The van der Waals surface area contributed by atoms with Gasteiger partial charge in [0.15, 0.2) is 5.75 Å². The van der Waals surface area contributed by atoms with Crippen molar-refractivity contribution in [3.8, 4) is 5.75 Å². The monoisotopic (exact) mass is 200 g/mol. The minimum Gasteiger partial charge on any atom is -0.398 e. The predicted octanol–water partition coefficient (Wildman–Crippen LogP) is -0.0439. The second kappa shape index (κ2) is 5.58. The minimum absolute atomic E-state index is 0.0660. The SMILES string of the molecule is OCc1ccc(OOB(O)OO)cc1. The Morgan fingerprint density at radius 3 is 2.36 bits per heavy atom. The highest BCUT2D eigenvalue weighted by Crippen LogP contribution is 2.12. The van der Waals surface area contributed by atoms with Gasteiger partial charge in [0.25, 0.3) is 0 Å². The van der Waals surface area contributed by atoms with E-state index in [1.807, 2.05) is 0 Å². The highest BCUT2D eigenvalue weighted by atomic mass is 17.3. The van der Waals surface area contributed by atoms with Gasteiger partial charge >= 0.3 is 7.32 Å². The normalized spacial score (nSPS) is 9.93. The Hall–Kier alpha value is -1.12. The summed E-state index contributed by atoms with van der Waals surface area (Å²) in [4.78, 5) is 12.1. The van der Waals surface area contributed by atoms with Gasteiger partial charge in [-0.1, -0.05) is 12.1 Å². The van der Waals surface area contributed by atoms with Gasteiger partial charge in [-0.25, -0.2) is 4.81 Å². The van der Waals surface area contributed by atoms with Gasteiger partial charge in [0.1, 0.15) is 0 Å². The lowest BCUT2D eigenvalue weighted by molar-refractivity contribution is -0.229. The molecule has 1 rings (SSSR count). The standard InChI is InChI=1S/C7H9BO6/c9-5-6-1-3-7(4-2-6)12-14-8(10)13-11/h1-4,9-11H,5H2. The van der Waals surface area contributed by atoms with Crippen LogP contribution in [0, 0.1) is 0 Å². The van der Waals surface area contributed by atoms with Crippen LogP contribution < -0.4 is 4.89 Å². The van der Waals surface area contributed by atoms with Crippen LogP contribution in [-0.2, 0) is 16.2 Å². The summed E-state index contributed by atoms with van der Waals surface area (Å²) in [5.74, 6) is 0.304. The van der Waals surface area contributed by atoms with Crippen molar-refractivity contribution in [1.82, 2.24) is 0 Å². The van der Waals surface area contributed by atoms with E-state index in [4.69, 9.17) is 15.4 Å². The fourth-order valence-electron chi connectivity index (χ4n) is 0.765. The van der Waals surface area contributed by atoms with Crippen LogP contribution in [0.1, 0.15) is 5.56 Å². The van der Waals surface area contributed by atoms with Crippen LogP contribution in [0.15, 0.2) is 24.3 Å². The Kier molecular flexibility index (Phi) is 4.37. The molecule has 0 radical (unpaired) electrons. The molecule has 0 aromatic heterocycles. The Morgan fingerprint density at radius 1 is 1.21 bits per heavy atom. The van der Waals surface area contributed by atoms with E-state index < -0.39 is 7.32 Å². The quantitative estimate of drug-likeness (QED) is 0.351. The third kappa shape index (κ3) is 3.33. The first-order chi connectivity index (χ1) is 6.76. The summed E-state index contributed by atoms with van der Waals surface area (Å²) < 4.78 is 0. The van der Waals surface area contributed by atoms with Crippen LogP contribution in [0.5, 0.6) is 5.75 Å². The van der Waals surface area contributed by atoms with E-state index in [0.717, 1.165) is 5.56 Å². The van der Waals surface area contributed by atoms with E-state index >= 15 is 0 Å². The molecule has 6 nitrogen and oxygen atoms in total. The fraction of sp³-hybridized carbons (Fsp3) is 0.143. The van der Waals surface area contributed by atoms with Crippen molar-refractivity contribution in [2.45, 2.75) is 6.61 Å². The Balaban J connectivity index is 2.43. The molecule has 1 aromatic carbocycles. The van der Waals surface area contributed by atoms with E-state index in [1.165, 1.54) is 12.1 Å². The van der Waals surface area contributed by atoms with Crippen molar-refractivity contribution in [2.75, 3.05) is 0 Å². The third-order valence-electron chi connectivity index (χ3n) is 1.42.